The summed E-state index contributed by atoms with van der Waals surface area (Å²) >= 11 is 1.33. The summed E-state index contributed by atoms with van der Waals surface area (Å²) in [6.07, 6.45) is 1.57. The topological polar surface area (TPSA) is 82.3 Å². The second kappa shape index (κ2) is 4.92. The molecular weight excluding hydrogens is 240 g/mol. The summed E-state index contributed by atoms with van der Waals surface area (Å²) in [5, 5.41) is 10.9. The standard InChI is InChI=1S/C11H10N2O3S/c12-9-4-1-5-10(11(9)13(14)15)17-7-8-3-2-6-16-8/h1-6H,7,12H2. The van der Waals surface area contributed by atoms with Gasteiger partial charge in [0.2, 0.25) is 0 Å². The molecule has 0 radical (unpaired) electrons. The molecule has 0 aliphatic rings. The van der Waals surface area contributed by atoms with Gasteiger partial charge in [-0.15, -0.1) is 11.8 Å². The third-order valence-corrected chi connectivity index (χ3v) is 3.23. The molecule has 1 aromatic heterocycles. The number of nitro groups is 1. The number of hydrogen-bond donors (Lipinski definition) is 1. The smallest absolute Gasteiger partial charge is 0.305 e. The molecule has 88 valence electrons. The summed E-state index contributed by atoms with van der Waals surface area (Å²) in [5.41, 5.74) is 5.73. The van der Waals surface area contributed by atoms with Crippen LogP contribution in [0, 0.1) is 10.1 Å². The van der Waals surface area contributed by atoms with Gasteiger partial charge in [0.15, 0.2) is 0 Å². The quantitative estimate of drug-likeness (QED) is 0.390. The first-order valence-electron chi connectivity index (χ1n) is 4.86. The van der Waals surface area contributed by atoms with Crippen LogP contribution >= 0.6 is 11.8 Å². The van der Waals surface area contributed by atoms with Crippen molar-refractivity contribution in [3.8, 4) is 0 Å². The van der Waals surface area contributed by atoms with Crippen molar-refractivity contribution < 1.29 is 9.34 Å². The average molecular weight is 250 g/mol. The first-order chi connectivity index (χ1) is 8.18. The zero-order valence-electron chi connectivity index (χ0n) is 8.83. The molecule has 1 heterocycles. The van der Waals surface area contributed by atoms with Gasteiger partial charge in [-0.05, 0) is 24.3 Å². The number of nitro benzene ring substituents is 1. The number of hydrogen-bond acceptors (Lipinski definition) is 5. The number of benzene rings is 1. The van der Waals surface area contributed by atoms with E-state index in [4.69, 9.17) is 10.2 Å². The molecule has 0 fully saturated rings. The SMILES string of the molecule is Nc1cccc(SCc2ccco2)c1[N+](=O)[O-]. The lowest BCUT2D eigenvalue weighted by atomic mass is 10.3. The fourth-order valence-corrected chi connectivity index (χ4v) is 2.36. The number of para-hydroxylation sites is 1. The molecule has 1 aromatic carbocycles. The lowest BCUT2D eigenvalue weighted by Crippen LogP contribution is -1.97. The maximum Gasteiger partial charge on any atom is 0.305 e. The Bertz CT molecular complexity index is 526. The molecule has 6 heteroatoms. The number of nitrogens with two attached hydrogens (primary N) is 1. The molecule has 0 saturated heterocycles. The van der Waals surface area contributed by atoms with Gasteiger partial charge in [-0.1, -0.05) is 6.07 Å². The van der Waals surface area contributed by atoms with E-state index in [-0.39, 0.29) is 11.4 Å². The van der Waals surface area contributed by atoms with Crippen molar-refractivity contribution in [2.24, 2.45) is 0 Å². The molecular formula is C11H10N2O3S. The van der Waals surface area contributed by atoms with Crippen LogP contribution < -0.4 is 5.73 Å². The van der Waals surface area contributed by atoms with Crippen molar-refractivity contribution in [3.63, 3.8) is 0 Å². The fraction of sp³-hybridized carbons (Fsp3) is 0.0909. The molecule has 2 rings (SSSR count). The molecule has 2 N–H and O–H groups in total. The van der Waals surface area contributed by atoms with Crippen LogP contribution in [0.1, 0.15) is 5.76 Å². The van der Waals surface area contributed by atoms with Gasteiger partial charge in [-0.2, -0.15) is 0 Å². The van der Waals surface area contributed by atoms with Crippen LogP contribution in [0.15, 0.2) is 45.9 Å². The molecule has 0 saturated carbocycles. The van der Waals surface area contributed by atoms with E-state index in [1.807, 2.05) is 6.07 Å². The highest BCUT2D eigenvalue weighted by Crippen LogP contribution is 2.35. The summed E-state index contributed by atoms with van der Waals surface area (Å²) < 4.78 is 5.16. The summed E-state index contributed by atoms with van der Waals surface area (Å²) in [6, 6.07) is 8.51. The minimum atomic E-state index is -0.459. The summed E-state index contributed by atoms with van der Waals surface area (Å²) in [7, 11) is 0. The summed E-state index contributed by atoms with van der Waals surface area (Å²) in [4.78, 5) is 11.0. The second-order valence-electron chi connectivity index (χ2n) is 3.32. The maximum absolute atomic E-state index is 10.9. The Morgan fingerprint density at radius 3 is 2.82 bits per heavy atom. The number of thioether (sulfide) groups is 1. The van der Waals surface area contributed by atoms with Crippen molar-refractivity contribution in [1.29, 1.82) is 0 Å². The summed E-state index contributed by atoms with van der Waals surface area (Å²) in [5.74, 6) is 1.31. The van der Waals surface area contributed by atoms with E-state index in [1.165, 1.54) is 17.8 Å². The van der Waals surface area contributed by atoms with Crippen molar-refractivity contribution in [2.45, 2.75) is 10.6 Å². The molecule has 0 unspecified atom stereocenters. The molecule has 17 heavy (non-hydrogen) atoms. The minimum absolute atomic E-state index is 0.0379. The van der Waals surface area contributed by atoms with Gasteiger partial charge in [0, 0.05) is 0 Å². The minimum Gasteiger partial charge on any atom is -0.468 e. The Morgan fingerprint density at radius 1 is 1.35 bits per heavy atom. The zero-order valence-corrected chi connectivity index (χ0v) is 9.65. The largest absolute Gasteiger partial charge is 0.468 e. The van der Waals surface area contributed by atoms with E-state index in [2.05, 4.69) is 0 Å². The van der Waals surface area contributed by atoms with Crippen LogP contribution in [0.3, 0.4) is 0 Å². The van der Waals surface area contributed by atoms with Crippen molar-refractivity contribution in [2.75, 3.05) is 5.73 Å². The van der Waals surface area contributed by atoms with E-state index < -0.39 is 4.92 Å². The number of nitrogens with zero attached hydrogens (tertiary/aromatic N) is 1. The van der Waals surface area contributed by atoms with Crippen LogP contribution in [0.2, 0.25) is 0 Å². The lowest BCUT2D eigenvalue weighted by molar-refractivity contribution is -0.386. The monoisotopic (exact) mass is 250 g/mol. The molecule has 0 aliphatic heterocycles. The van der Waals surface area contributed by atoms with Gasteiger partial charge in [0.25, 0.3) is 0 Å². The number of nitrogen functional groups attached to an aromatic ring is 1. The number of rotatable bonds is 4. The second-order valence-corrected chi connectivity index (χ2v) is 4.34. The first-order valence-corrected chi connectivity index (χ1v) is 5.85. The zero-order chi connectivity index (χ0) is 12.3. The highest BCUT2D eigenvalue weighted by atomic mass is 32.2. The van der Waals surface area contributed by atoms with Gasteiger partial charge >= 0.3 is 5.69 Å². The third kappa shape index (κ3) is 2.59. The molecule has 0 atom stereocenters. The van der Waals surface area contributed by atoms with Crippen LogP contribution in [-0.4, -0.2) is 4.92 Å². The maximum atomic E-state index is 10.9. The Kier molecular flexibility index (Phi) is 3.34. The predicted octanol–water partition coefficient (Wildman–Crippen LogP) is 3.06. The van der Waals surface area contributed by atoms with Crippen LogP contribution in [0.25, 0.3) is 0 Å². The van der Waals surface area contributed by atoms with Crippen LogP contribution in [0.4, 0.5) is 11.4 Å². The van der Waals surface area contributed by atoms with Crippen LogP contribution in [-0.2, 0) is 5.75 Å². The number of anilines is 1. The normalized spacial score (nSPS) is 10.4. The average Bonchev–Trinajstić information content (AvgIpc) is 2.78. The molecule has 0 aliphatic carbocycles. The van der Waals surface area contributed by atoms with Crippen LogP contribution in [0.5, 0.6) is 0 Å². The van der Waals surface area contributed by atoms with E-state index in [9.17, 15) is 10.1 Å². The van der Waals surface area contributed by atoms with Gasteiger partial charge in [0.05, 0.1) is 21.8 Å². The lowest BCUT2D eigenvalue weighted by Gasteiger charge is -2.03. The van der Waals surface area contributed by atoms with E-state index in [0.717, 1.165) is 5.76 Å². The van der Waals surface area contributed by atoms with Gasteiger partial charge in [0.1, 0.15) is 11.4 Å². The van der Waals surface area contributed by atoms with Gasteiger partial charge < -0.3 is 10.2 Å². The van der Waals surface area contributed by atoms with Crippen molar-refractivity contribution >= 4 is 23.1 Å². The van der Waals surface area contributed by atoms with Gasteiger partial charge in [-0.25, -0.2) is 0 Å². The molecule has 2 aromatic rings. The molecule has 0 spiro atoms. The third-order valence-electron chi connectivity index (χ3n) is 2.16. The highest BCUT2D eigenvalue weighted by Gasteiger charge is 2.18. The fourth-order valence-electron chi connectivity index (χ4n) is 1.39. The summed E-state index contributed by atoms with van der Waals surface area (Å²) in [6.45, 7) is 0. The Hall–Kier alpha value is -1.95. The van der Waals surface area contributed by atoms with E-state index in [0.29, 0.717) is 10.6 Å². The van der Waals surface area contributed by atoms with Crippen molar-refractivity contribution in [3.05, 3.63) is 52.5 Å². The van der Waals surface area contributed by atoms with E-state index in [1.54, 1.807) is 24.5 Å². The highest BCUT2D eigenvalue weighted by molar-refractivity contribution is 7.98. The first kappa shape index (κ1) is 11.5. The van der Waals surface area contributed by atoms with Gasteiger partial charge in [-0.3, -0.25) is 10.1 Å². The Morgan fingerprint density at radius 2 is 2.18 bits per heavy atom. The predicted molar refractivity (Wildman–Crippen MR) is 65.8 cm³/mol. The molecule has 0 amide bonds. The molecule has 5 nitrogen and oxygen atoms in total. The Balaban J connectivity index is 2.21. The Labute approximate surface area is 102 Å². The van der Waals surface area contributed by atoms with E-state index >= 15 is 0 Å². The van der Waals surface area contributed by atoms with Crippen molar-refractivity contribution in [1.82, 2.24) is 0 Å². The molecule has 0 bridgehead atoms. The number of furan rings is 1.